The molecule has 5 atom stereocenters. The first-order valence-electron chi connectivity index (χ1n) is 8.80. The first-order valence-corrected chi connectivity index (χ1v) is 9.68. The van der Waals surface area contributed by atoms with Gasteiger partial charge in [0.25, 0.3) is 5.24 Å². The Bertz CT molecular complexity index is 679. The minimum atomic E-state index is -0.199. The van der Waals surface area contributed by atoms with Gasteiger partial charge in [0, 0.05) is 22.0 Å². The number of thioether (sulfide) groups is 1. The topological polar surface area (TPSA) is 37.4 Å². The molecule has 2 bridgehead atoms. The second kappa shape index (κ2) is 5.00. The molecule has 0 aromatic carbocycles. The lowest BCUT2D eigenvalue weighted by Crippen LogP contribution is -2.52. The molecule has 1 aliphatic heterocycles. The largest absolute Gasteiger partial charge is 0.288 e. The van der Waals surface area contributed by atoms with E-state index in [1.54, 1.807) is 11.0 Å². The lowest BCUT2D eigenvalue weighted by molar-refractivity contribution is -0.134. The Morgan fingerprint density at radius 3 is 2.33 bits per heavy atom. The van der Waals surface area contributed by atoms with Gasteiger partial charge in [-0.25, -0.2) is 0 Å². The fourth-order valence-corrected chi connectivity index (χ4v) is 7.47. The number of hydrogen-bond acceptors (Lipinski definition) is 3. The molecule has 0 aromatic rings. The van der Waals surface area contributed by atoms with Crippen LogP contribution in [-0.2, 0) is 4.79 Å². The smallest absolute Gasteiger partial charge is 0.274 e. The van der Waals surface area contributed by atoms with Crippen LogP contribution in [-0.4, -0.2) is 27.3 Å². The molecule has 0 unspecified atom stereocenters. The van der Waals surface area contributed by atoms with Crippen molar-refractivity contribution in [3.8, 4) is 0 Å². The summed E-state index contributed by atoms with van der Waals surface area (Å²) in [6.45, 7) is 19.2. The van der Waals surface area contributed by atoms with Crippen molar-refractivity contribution in [2.75, 3.05) is 0 Å². The zero-order valence-corrected chi connectivity index (χ0v) is 16.7. The highest BCUT2D eigenvalue weighted by Crippen LogP contribution is 2.78. The van der Waals surface area contributed by atoms with Gasteiger partial charge in [-0.15, -0.1) is 6.58 Å². The van der Waals surface area contributed by atoms with E-state index in [1.165, 1.54) is 22.9 Å². The minimum absolute atomic E-state index is 0.0113. The molecule has 3 aliphatic rings. The van der Waals surface area contributed by atoms with Gasteiger partial charge in [-0.2, -0.15) is 0 Å². The van der Waals surface area contributed by atoms with Crippen molar-refractivity contribution in [3.63, 3.8) is 0 Å². The van der Waals surface area contributed by atoms with Crippen LogP contribution in [0.15, 0.2) is 23.8 Å². The van der Waals surface area contributed by atoms with Gasteiger partial charge in [-0.3, -0.25) is 14.5 Å². The van der Waals surface area contributed by atoms with Crippen molar-refractivity contribution in [2.24, 2.45) is 22.2 Å². The number of imide groups is 1. The number of fused-ring (bicyclic) bond motifs is 5. The highest BCUT2D eigenvalue weighted by atomic mass is 32.2. The molecule has 1 heterocycles. The van der Waals surface area contributed by atoms with E-state index in [0.717, 1.165) is 0 Å². The molecule has 24 heavy (non-hydrogen) atoms. The predicted octanol–water partition coefficient (Wildman–Crippen LogP) is 5.03. The van der Waals surface area contributed by atoms with Crippen LogP contribution >= 0.6 is 11.8 Å². The molecule has 0 radical (unpaired) electrons. The molecule has 1 saturated heterocycles. The molecule has 2 fully saturated rings. The van der Waals surface area contributed by atoms with E-state index in [4.69, 9.17) is 0 Å². The van der Waals surface area contributed by atoms with Crippen molar-refractivity contribution >= 4 is 22.9 Å². The Balaban J connectivity index is 2.13. The summed E-state index contributed by atoms with van der Waals surface area (Å²) in [4.78, 5) is 27.4. The zero-order chi connectivity index (χ0) is 18.2. The SMILES string of the molecule is C=CC[C@H](C)C(=O)N1C(=O)S[C@@H]2[C@H]1[C@]1(C)C(C)=C(C)[C@@]2(C)C1(C)C. The summed E-state index contributed by atoms with van der Waals surface area (Å²) in [6.07, 6.45) is 2.37. The number of carbonyl (C=O) groups is 2. The summed E-state index contributed by atoms with van der Waals surface area (Å²) in [5, 5.41) is 0.0787. The molecule has 2 amide bonds. The third-order valence-electron chi connectivity index (χ3n) is 8.05. The number of carbonyl (C=O) groups excluding carboxylic acids is 2. The maximum atomic E-state index is 13.0. The summed E-state index contributed by atoms with van der Waals surface area (Å²) >= 11 is 1.38. The van der Waals surface area contributed by atoms with E-state index in [1.807, 2.05) is 6.92 Å². The average Bonchev–Trinajstić information content (AvgIpc) is 2.96. The Morgan fingerprint density at radius 2 is 1.79 bits per heavy atom. The van der Waals surface area contributed by atoms with E-state index in [9.17, 15) is 9.59 Å². The molecule has 0 aromatic heterocycles. The highest BCUT2D eigenvalue weighted by Gasteiger charge is 2.78. The van der Waals surface area contributed by atoms with E-state index in [-0.39, 0.29) is 44.6 Å². The van der Waals surface area contributed by atoms with Crippen LogP contribution < -0.4 is 0 Å². The van der Waals surface area contributed by atoms with Crippen molar-refractivity contribution in [1.82, 2.24) is 4.90 Å². The van der Waals surface area contributed by atoms with E-state index in [0.29, 0.717) is 6.42 Å². The summed E-state index contributed by atoms with van der Waals surface area (Å²) in [6, 6.07) is -0.0431. The second-order valence-electron chi connectivity index (χ2n) is 8.66. The van der Waals surface area contributed by atoms with Gasteiger partial charge in [0.05, 0.1) is 6.04 Å². The standard InChI is InChI=1S/C20H29NO2S/c1-9-10-11(2)16(22)21-14-15(24-17(21)23)20(8)13(4)12(3)19(14,7)18(20,5)6/h9,11,14-15H,1,10H2,2-8H3/t11-,14-,15+,19-,20+/m0/s1. The van der Waals surface area contributed by atoms with E-state index in [2.05, 4.69) is 48.1 Å². The monoisotopic (exact) mass is 347 g/mol. The Labute approximate surface area is 149 Å². The summed E-state index contributed by atoms with van der Waals surface area (Å²) in [5.74, 6) is -0.242. The van der Waals surface area contributed by atoms with Crippen molar-refractivity contribution < 1.29 is 9.59 Å². The first kappa shape index (κ1) is 17.8. The van der Waals surface area contributed by atoms with Crippen LogP contribution in [0, 0.1) is 22.2 Å². The lowest BCUT2D eigenvalue weighted by Gasteiger charge is -2.44. The lowest BCUT2D eigenvalue weighted by atomic mass is 9.62. The normalized spacial score (nSPS) is 41.0. The maximum Gasteiger partial charge on any atom is 0.288 e. The van der Waals surface area contributed by atoms with Crippen molar-refractivity contribution in [3.05, 3.63) is 23.8 Å². The quantitative estimate of drug-likeness (QED) is 0.672. The van der Waals surface area contributed by atoms with Gasteiger partial charge < -0.3 is 0 Å². The van der Waals surface area contributed by atoms with Gasteiger partial charge >= 0.3 is 0 Å². The Hall–Kier alpha value is -1.03. The molecule has 3 rings (SSSR count). The fraction of sp³-hybridized carbons (Fsp3) is 0.700. The molecule has 3 nitrogen and oxygen atoms in total. The second-order valence-corrected chi connectivity index (χ2v) is 9.76. The number of nitrogens with zero attached hydrogens (tertiary/aromatic N) is 1. The van der Waals surface area contributed by atoms with E-state index < -0.39 is 0 Å². The summed E-state index contributed by atoms with van der Waals surface area (Å²) < 4.78 is 0. The summed E-state index contributed by atoms with van der Waals surface area (Å²) in [7, 11) is 0. The molecule has 2 aliphatic carbocycles. The average molecular weight is 348 g/mol. The Morgan fingerprint density at radius 1 is 1.25 bits per heavy atom. The van der Waals surface area contributed by atoms with E-state index >= 15 is 0 Å². The third kappa shape index (κ3) is 1.61. The minimum Gasteiger partial charge on any atom is -0.274 e. The molecule has 0 N–H and O–H groups in total. The van der Waals surface area contributed by atoms with Gasteiger partial charge in [0.15, 0.2) is 0 Å². The summed E-state index contributed by atoms with van der Waals surface area (Å²) in [5.41, 5.74) is 2.55. The number of rotatable bonds is 3. The number of hydrogen-bond donors (Lipinski definition) is 0. The van der Waals surface area contributed by atoms with Crippen molar-refractivity contribution in [1.29, 1.82) is 0 Å². The van der Waals surface area contributed by atoms with Crippen LogP contribution in [0.1, 0.15) is 54.9 Å². The van der Waals surface area contributed by atoms with Crippen molar-refractivity contribution in [2.45, 2.75) is 66.2 Å². The fourth-order valence-electron chi connectivity index (χ4n) is 5.71. The molecule has 0 spiro atoms. The molecule has 1 saturated carbocycles. The molecule has 4 heteroatoms. The van der Waals surface area contributed by atoms with Gasteiger partial charge in [-0.1, -0.05) is 63.6 Å². The van der Waals surface area contributed by atoms with Gasteiger partial charge in [0.2, 0.25) is 5.91 Å². The van der Waals surface area contributed by atoms with Crippen LogP contribution in [0.3, 0.4) is 0 Å². The molecular formula is C20H29NO2S. The third-order valence-corrected chi connectivity index (χ3v) is 9.43. The van der Waals surface area contributed by atoms with Gasteiger partial charge in [-0.05, 0) is 25.7 Å². The molecule has 132 valence electrons. The van der Waals surface area contributed by atoms with Crippen LogP contribution in [0.5, 0.6) is 0 Å². The number of amides is 2. The van der Waals surface area contributed by atoms with Crippen LogP contribution in [0.25, 0.3) is 0 Å². The number of allylic oxidation sites excluding steroid dienone is 2. The van der Waals surface area contributed by atoms with Crippen LogP contribution in [0.2, 0.25) is 0 Å². The predicted molar refractivity (Wildman–Crippen MR) is 99.8 cm³/mol. The first-order chi connectivity index (χ1) is 11.0. The maximum absolute atomic E-state index is 13.0. The Kier molecular flexibility index (Phi) is 3.70. The molecular weight excluding hydrogens is 318 g/mol. The highest BCUT2D eigenvalue weighted by molar-refractivity contribution is 8.14. The van der Waals surface area contributed by atoms with Crippen LogP contribution in [0.4, 0.5) is 4.79 Å². The van der Waals surface area contributed by atoms with Gasteiger partial charge in [0.1, 0.15) is 0 Å². The zero-order valence-electron chi connectivity index (χ0n) is 15.9.